The zero-order chi connectivity index (χ0) is 13.0. The minimum absolute atomic E-state index is 0.0212. The fraction of sp³-hybridized carbons (Fsp3) is 0.583. The first kappa shape index (κ1) is 12.8. The Bertz CT molecular complexity index is 431. The maximum atomic E-state index is 10.9. The Kier molecular flexibility index (Phi) is 4.09. The Morgan fingerprint density at radius 3 is 3.11 bits per heavy atom. The summed E-state index contributed by atoms with van der Waals surface area (Å²) in [6, 6.07) is 3.13. The quantitative estimate of drug-likeness (QED) is 0.641. The Hall–Kier alpha value is -1.69. The molecular formula is C12H17N3O3. The minimum Gasteiger partial charge on any atom is -0.378 e. The largest absolute Gasteiger partial charge is 0.378 e. The van der Waals surface area contributed by atoms with Gasteiger partial charge in [-0.2, -0.15) is 0 Å². The molecule has 1 aliphatic rings. The molecule has 0 aliphatic carbocycles. The average molecular weight is 251 g/mol. The molecule has 0 amide bonds. The van der Waals surface area contributed by atoms with Crippen molar-refractivity contribution in [1.82, 2.24) is 4.98 Å². The summed E-state index contributed by atoms with van der Waals surface area (Å²) in [7, 11) is 0. The lowest BCUT2D eigenvalue weighted by Crippen LogP contribution is -2.14. The zero-order valence-corrected chi connectivity index (χ0v) is 10.4. The summed E-state index contributed by atoms with van der Waals surface area (Å²) in [5, 5.41) is 13.9. The number of nitrogens with zero attached hydrogens (tertiary/aromatic N) is 2. The van der Waals surface area contributed by atoms with Crippen molar-refractivity contribution < 1.29 is 9.66 Å². The number of nitrogens with one attached hydrogen (secondary N) is 1. The van der Waals surface area contributed by atoms with E-state index in [4.69, 9.17) is 4.74 Å². The van der Waals surface area contributed by atoms with Gasteiger partial charge in [-0.3, -0.25) is 10.1 Å². The van der Waals surface area contributed by atoms with Crippen molar-refractivity contribution in [1.29, 1.82) is 0 Å². The number of hydrogen-bond acceptors (Lipinski definition) is 5. The lowest BCUT2D eigenvalue weighted by atomic mass is 10.2. The molecular weight excluding hydrogens is 234 g/mol. The van der Waals surface area contributed by atoms with Crippen LogP contribution in [0.3, 0.4) is 0 Å². The van der Waals surface area contributed by atoms with Gasteiger partial charge in [0.15, 0.2) is 0 Å². The van der Waals surface area contributed by atoms with Crippen LogP contribution < -0.4 is 5.32 Å². The van der Waals surface area contributed by atoms with Crippen LogP contribution in [0, 0.1) is 17.0 Å². The van der Waals surface area contributed by atoms with Gasteiger partial charge in [0.1, 0.15) is 0 Å². The molecule has 1 aromatic rings. The normalized spacial score (nSPS) is 18.8. The fourth-order valence-electron chi connectivity index (χ4n) is 2.05. The second-order valence-corrected chi connectivity index (χ2v) is 4.43. The molecule has 1 fully saturated rings. The molecule has 0 aromatic carbocycles. The summed E-state index contributed by atoms with van der Waals surface area (Å²) >= 11 is 0. The second kappa shape index (κ2) is 5.77. The van der Waals surface area contributed by atoms with E-state index in [1.54, 1.807) is 6.07 Å². The predicted octanol–water partition coefficient (Wildman–Crippen LogP) is 2.28. The lowest BCUT2D eigenvalue weighted by molar-refractivity contribution is -0.384. The van der Waals surface area contributed by atoms with E-state index in [1.165, 1.54) is 6.07 Å². The summed E-state index contributed by atoms with van der Waals surface area (Å²) in [4.78, 5) is 14.6. The van der Waals surface area contributed by atoms with E-state index in [0.717, 1.165) is 31.6 Å². The molecule has 18 heavy (non-hydrogen) atoms. The van der Waals surface area contributed by atoms with E-state index in [9.17, 15) is 10.1 Å². The fourth-order valence-corrected chi connectivity index (χ4v) is 2.05. The van der Waals surface area contributed by atoms with Gasteiger partial charge in [0.05, 0.1) is 11.0 Å². The van der Waals surface area contributed by atoms with Crippen LogP contribution in [0.2, 0.25) is 0 Å². The molecule has 1 N–H and O–H groups in total. The van der Waals surface area contributed by atoms with E-state index in [1.807, 2.05) is 6.92 Å². The van der Waals surface area contributed by atoms with Gasteiger partial charge in [0, 0.05) is 24.9 Å². The molecule has 1 aliphatic heterocycles. The second-order valence-electron chi connectivity index (χ2n) is 4.43. The van der Waals surface area contributed by atoms with Crippen molar-refractivity contribution in [2.75, 3.05) is 18.5 Å². The molecule has 0 bridgehead atoms. The van der Waals surface area contributed by atoms with Crippen LogP contribution in [-0.4, -0.2) is 29.2 Å². The predicted molar refractivity (Wildman–Crippen MR) is 67.7 cm³/mol. The van der Waals surface area contributed by atoms with Crippen LogP contribution in [-0.2, 0) is 4.74 Å². The van der Waals surface area contributed by atoms with Gasteiger partial charge < -0.3 is 10.1 Å². The number of anilines is 1. The van der Waals surface area contributed by atoms with Crippen molar-refractivity contribution in [3.63, 3.8) is 0 Å². The topological polar surface area (TPSA) is 77.3 Å². The van der Waals surface area contributed by atoms with E-state index < -0.39 is 4.92 Å². The van der Waals surface area contributed by atoms with E-state index in [-0.39, 0.29) is 11.8 Å². The molecule has 6 nitrogen and oxygen atoms in total. The van der Waals surface area contributed by atoms with Gasteiger partial charge in [0.2, 0.25) is 5.82 Å². The molecule has 2 rings (SSSR count). The van der Waals surface area contributed by atoms with Gasteiger partial charge in [0.25, 0.3) is 0 Å². The number of ether oxygens (including phenoxy) is 1. The first-order valence-electron chi connectivity index (χ1n) is 6.14. The molecule has 0 radical (unpaired) electrons. The Morgan fingerprint density at radius 2 is 2.44 bits per heavy atom. The van der Waals surface area contributed by atoms with Gasteiger partial charge in [-0.25, -0.2) is 4.98 Å². The molecule has 1 aromatic heterocycles. The third-order valence-electron chi connectivity index (χ3n) is 2.99. The smallest absolute Gasteiger partial charge is 0.311 e. The van der Waals surface area contributed by atoms with Crippen LogP contribution >= 0.6 is 0 Å². The van der Waals surface area contributed by atoms with Crippen molar-refractivity contribution in [3.05, 3.63) is 27.9 Å². The van der Waals surface area contributed by atoms with E-state index in [0.29, 0.717) is 12.4 Å². The third-order valence-corrected chi connectivity index (χ3v) is 2.99. The molecule has 0 saturated carbocycles. The number of pyridine rings is 1. The van der Waals surface area contributed by atoms with E-state index in [2.05, 4.69) is 10.3 Å². The highest BCUT2D eigenvalue weighted by Gasteiger charge is 2.17. The lowest BCUT2D eigenvalue weighted by Gasteiger charge is -2.10. The minimum atomic E-state index is -0.416. The van der Waals surface area contributed by atoms with Gasteiger partial charge >= 0.3 is 5.69 Å². The third kappa shape index (κ3) is 3.16. The van der Waals surface area contributed by atoms with Crippen molar-refractivity contribution >= 4 is 11.5 Å². The summed E-state index contributed by atoms with van der Waals surface area (Å²) in [5.74, 6) is 0.345. The first-order chi connectivity index (χ1) is 8.66. The van der Waals surface area contributed by atoms with Crippen molar-refractivity contribution in [2.45, 2.75) is 32.3 Å². The first-order valence-corrected chi connectivity index (χ1v) is 6.14. The van der Waals surface area contributed by atoms with Gasteiger partial charge in [-0.05, 0) is 32.3 Å². The molecule has 2 heterocycles. The molecule has 98 valence electrons. The summed E-state index contributed by atoms with van der Waals surface area (Å²) in [5.41, 5.74) is 0.785. The molecule has 1 unspecified atom stereocenters. The summed E-state index contributed by atoms with van der Waals surface area (Å²) in [6.07, 6.45) is 3.31. The zero-order valence-electron chi connectivity index (χ0n) is 10.4. The Labute approximate surface area is 106 Å². The standard InChI is InChI=1S/C12H17N3O3/c1-9-4-5-11(15(16)17)12(14-9)13-7-6-10-3-2-8-18-10/h4-5,10H,2-3,6-8H2,1H3,(H,13,14). The van der Waals surface area contributed by atoms with E-state index >= 15 is 0 Å². The van der Waals surface area contributed by atoms with Crippen molar-refractivity contribution in [3.8, 4) is 0 Å². The highest BCUT2D eigenvalue weighted by atomic mass is 16.6. The van der Waals surface area contributed by atoms with Crippen LogP contribution in [0.5, 0.6) is 0 Å². The van der Waals surface area contributed by atoms with Crippen LogP contribution in [0.15, 0.2) is 12.1 Å². The number of aromatic nitrogens is 1. The van der Waals surface area contributed by atoms with Gasteiger partial charge in [-0.1, -0.05) is 0 Å². The molecule has 0 spiro atoms. The van der Waals surface area contributed by atoms with Gasteiger partial charge in [-0.15, -0.1) is 0 Å². The highest BCUT2D eigenvalue weighted by Crippen LogP contribution is 2.22. The van der Waals surface area contributed by atoms with Crippen LogP contribution in [0.25, 0.3) is 0 Å². The monoisotopic (exact) mass is 251 g/mol. The highest BCUT2D eigenvalue weighted by molar-refractivity contribution is 5.55. The van der Waals surface area contributed by atoms with Crippen LogP contribution in [0.1, 0.15) is 25.0 Å². The average Bonchev–Trinajstić information content (AvgIpc) is 2.82. The summed E-state index contributed by atoms with van der Waals surface area (Å²) < 4.78 is 5.50. The number of aryl methyl sites for hydroxylation is 1. The molecule has 6 heteroatoms. The molecule has 1 atom stereocenters. The maximum Gasteiger partial charge on any atom is 0.311 e. The SMILES string of the molecule is Cc1ccc([N+](=O)[O-])c(NCCC2CCCO2)n1. The summed E-state index contributed by atoms with van der Waals surface area (Å²) in [6.45, 7) is 3.28. The Morgan fingerprint density at radius 1 is 1.61 bits per heavy atom. The van der Waals surface area contributed by atoms with Crippen molar-refractivity contribution in [2.24, 2.45) is 0 Å². The number of nitro groups is 1. The number of rotatable bonds is 5. The number of hydrogen-bond donors (Lipinski definition) is 1. The molecule has 1 saturated heterocycles. The maximum absolute atomic E-state index is 10.9. The Balaban J connectivity index is 1.94. The van der Waals surface area contributed by atoms with Crippen LogP contribution in [0.4, 0.5) is 11.5 Å².